The van der Waals surface area contributed by atoms with Gasteiger partial charge in [-0.3, -0.25) is 0 Å². The number of benzene rings is 1. The van der Waals surface area contributed by atoms with Crippen molar-refractivity contribution in [3.63, 3.8) is 0 Å². The van der Waals surface area contributed by atoms with Gasteiger partial charge in [-0.25, -0.2) is 0 Å². The number of aryl methyl sites for hydroxylation is 1. The van der Waals surface area contributed by atoms with Gasteiger partial charge >= 0.3 is 0 Å². The summed E-state index contributed by atoms with van der Waals surface area (Å²) in [7, 11) is 0. The van der Waals surface area contributed by atoms with E-state index in [1.807, 2.05) is 13.0 Å². The van der Waals surface area contributed by atoms with Crippen molar-refractivity contribution >= 4 is 0 Å². The Labute approximate surface area is 96.1 Å². The third-order valence-electron chi connectivity index (χ3n) is 3.23. The molecule has 0 amide bonds. The first kappa shape index (κ1) is 11.3. The van der Waals surface area contributed by atoms with E-state index in [-0.39, 0.29) is 11.5 Å². The summed E-state index contributed by atoms with van der Waals surface area (Å²) < 4.78 is 0. The van der Waals surface area contributed by atoms with E-state index in [0.717, 1.165) is 24.1 Å². The molecule has 1 aliphatic heterocycles. The largest absolute Gasteiger partial charge is 0.504 e. The summed E-state index contributed by atoms with van der Waals surface area (Å²) in [6, 6.07) is 4.13. The van der Waals surface area contributed by atoms with E-state index < -0.39 is 0 Å². The Morgan fingerprint density at radius 1 is 1.31 bits per heavy atom. The van der Waals surface area contributed by atoms with E-state index in [9.17, 15) is 10.2 Å². The number of hydrogen-bond donors (Lipinski definition) is 3. The highest BCUT2D eigenvalue weighted by atomic mass is 16.3. The molecular formula is C13H19NO2. The van der Waals surface area contributed by atoms with Crippen LogP contribution in [-0.2, 0) is 6.42 Å². The van der Waals surface area contributed by atoms with Crippen LogP contribution in [0.1, 0.15) is 30.4 Å². The fourth-order valence-electron chi connectivity index (χ4n) is 2.33. The molecule has 3 N–H and O–H groups in total. The van der Waals surface area contributed by atoms with E-state index >= 15 is 0 Å². The van der Waals surface area contributed by atoms with Crippen molar-refractivity contribution < 1.29 is 10.2 Å². The first-order chi connectivity index (χ1) is 7.66. The Kier molecular flexibility index (Phi) is 3.34. The smallest absolute Gasteiger partial charge is 0.160 e. The second kappa shape index (κ2) is 4.74. The molecule has 1 aromatic rings. The summed E-state index contributed by atoms with van der Waals surface area (Å²) in [4.78, 5) is 0. The second-order valence-corrected chi connectivity index (χ2v) is 4.63. The highest BCUT2D eigenvalue weighted by Crippen LogP contribution is 2.30. The lowest BCUT2D eigenvalue weighted by Gasteiger charge is -2.23. The van der Waals surface area contributed by atoms with E-state index in [0.29, 0.717) is 6.04 Å². The first-order valence-electron chi connectivity index (χ1n) is 5.91. The Balaban J connectivity index is 2.09. The lowest BCUT2D eigenvalue weighted by atomic mass is 9.96. The van der Waals surface area contributed by atoms with E-state index in [1.54, 1.807) is 6.07 Å². The molecule has 1 unspecified atom stereocenters. The monoisotopic (exact) mass is 221 g/mol. The second-order valence-electron chi connectivity index (χ2n) is 4.63. The van der Waals surface area contributed by atoms with Crippen LogP contribution in [0.15, 0.2) is 12.1 Å². The van der Waals surface area contributed by atoms with Gasteiger partial charge < -0.3 is 15.5 Å². The molecule has 1 aliphatic rings. The van der Waals surface area contributed by atoms with Crippen LogP contribution < -0.4 is 5.32 Å². The van der Waals surface area contributed by atoms with Crippen molar-refractivity contribution in [2.75, 3.05) is 6.54 Å². The molecule has 88 valence electrons. The van der Waals surface area contributed by atoms with Crippen LogP contribution in [0.2, 0.25) is 0 Å². The fraction of sp³-hybridized carbons (Fsp3) is 0.538. The molecule has 0 aromatic heterocycles. The maximum Gasteiger partial charge on any atom is 0.160 e. The maximum atomic E-state index is 9.54. The van der Waals surface area contributed by atoms with Gasteiger partial charge in [-0.15, -0.1) is 0 Å². The van der Waals surface area contributed by atoms with Gasteiger partial charge in [0, 0.05) is 6.04 Å². The van der Waals surface area contributed by atoms with E-state index in [2.05, 4.69) is 5.32 Å². The summed E-state index contributed by atoms with van der Waals surface area (Å²) in [5.74, 6) is -0.00818. The number of rotatable bonds is 2. The molecular weight excluding hydrogens is 202 g/mol. The predicted molar refractivity (Wildman–Crippen MR) is 63.9 cm³/mol. The molecule has 1 heterocycles. The quantitative estimate of drug-likeness (QED) is 0.670. The molecule has 1 saturated heterocycles. The zero-order chi connectivity index (χ0) is 11.5. The number of nitrogens with one attached hydrogen (secondary N) is 1. The van der Waals surface area contributed by atoms with Gasteiger partial charge in [-0.2, -0.15) is 0 Å². The van der Waals surface area contributed by atoms with Crippen LogP contribution in [-0.4, -0.2) is 22.8 Å². The number of piperidine rings is 1. The van der Waals surface area contributed by atoms with E-state index in [1.165, 1.54) is 19.3 Å². The molecule has 16 heavy (non-hydrogen) atoms. The van der Waals surface area contributed by atoms with Crippen molar-refractivity contribution in [2.24, 2.45) is 0 Å². The minimum atomic E-state index is -0.00851. The van der Waals surface area contributed by atoms with Gasteiger partial charge in [-0.05, 0) is 49.9 Å². The molecule has 0 saturated carbocycles. The number of phenols is 2. The van der Waals surface area contributed by atoms with Crippen molar-refractivity contribution in [3.8, 4) is 11.5 Å². The van der Waals surface area contributed by atoms with Gasteiger partial charge in [-0.1, -0.05) is 12.5 Å². The number of aromatic hydroxyl groups is 2. The molecule has 3 nitrogen and oxygen atoms in total. The summed E-state index contributed by atoms with van der Waals surface area (Å²) in [5, 5.41) is 22.5. The third-order valence-corrected chi connectivity index (χ3v) is 3.23. The van der Waals surface area contributed by atoms with E-state index in [4.69, 9.17) is 0 Å². The molecule has 0 bridgehead atoms. The summed E-state index contributed by atoms with van der Waals surface area (Å²) >= 11 is 0. The SMILES string of the molecule is Cc1cc(CC2CCCCN2)cc(O)c1O. The Morgan fingerprint density at radius 3 is 2.75 bits per heavy atom. The lowest BCUT2D eigenvalue weighted by molar-refractivity contribution is 0.391. The van der Waals surface area contributed by atoms with Crippen molar-refractivity contribution in [2.45, 2.75) is 38.6 Å². The van der Waals surface area contributed by atoms with Crippen LogP contribution in [0.3, 0.4) is 0 Å². The molecule has 0 radical (unpaired) electrons. The first-order valence-corrected chi connectivity index (χ1v) is 5.91. The Morgan fingerprint density at radius 2 is 2.12 bits per heavy atom. The Hall–Kier alpha value is -1.22. The highest BCUT2D eigenvalue weighted by Gasteiger charge is 2.14. The predicted octanol–water partition coefficient (Wildman–Crippen LogP) is 2.09. The highest BCUT2D eigenvalue weighted by molar-refractivity contribution is 5.47. The average Bonchev–Trinajstić information content (AvgIpc) is 2.27. The van der Waals surface area contributed by atoms with Gasteiger partial charge in [0.2, 0.25) is 0 Å². The molecule has 3 heteroatoms. The van der Waals surface area contributed by atoms with Gasteiger partial charge in [0.1, 0.15) is 0 Å². The van der Waals surface area contributed by atoms with Gasteiger partial charge in [0.25, 0.3) is 0 Å². The zero-order valence-corrected chi connectivity index (χ0v) is 9.66. The van der Waals surface area contributed by atoms with Crippen molar-refractivity contribution in [1.29, 1.82) is 0 Å². The van der Waals surface area contributed by atoms with Crippen molar-refractivity contribution in [1.82, 2.24) is 5.32 Å². The minimum absolute atomic E-state index is 0.000327. The molecule has 0 spiro atoms. The standard InChI is InChI=1S/C13H19NO2/c1-9-6-10(8-12(15)13(9)16)7-11-4-2-3-5-14-11/h6,8,11,14-16H,2-5,7H2,1H3. The topological polar surface area (TPSA) is 52.5 Å². The minimum Gasteiger partial charge on any atom is -0.504 e. The summed E-state index contributed by atoms with van der Waals surface area (Å²) in [6.45, 7) is 2.90. The summed E-state index contributed by atoms with van der Waals surface area (Å²) in [5.41, 5.74) is 1.83. The molecule has 1 fully saturated rings. The number of hydrogen-bond acceptors (Lipinski definition) is 3. The van der Waals surface area contributed by atoms with Crippen LogP contribution in [0.25, 0.3) is 0 Å². The lowest BCUT2D eigenvalue weighted by Crippen LogP contribution is -2.35. The molecule has 0 aliphatic carbocycles. The van der Waals surface area contributed by atoms with Gasteiger partial charge in [0.15, 0.2) is 11.5 Å². The van der Waals surface area contributed by atoms with Crippen LogP contribution in [0, 0.1) is 6.92 Å². The molecule has 2 rings (SSSR count). The third kappa shape index (κ3) is 2.47. The maximum absolute atomic E-state index is 9.54. The number of phenolic OH excluding ortho intramolecular Hbond substituents is 2. The summed E-state index contributed by atoms with van der Waals surface area (Å²) in [6.07, 6.45) is 4.66. The Bertz CT molecular complexity index is 347. The molecule has 1 aromatic carbocycles. The van der Waals surface area contributed by atoms with Crippen LogP contribution in [0.5, 0.6) is 11.5 Å². The van der Waals surface area contributed by atoms with Crippen molar-refractivity contribution in [3.05, 3.63) is 23.3 Å². The van der Waals surface area contributed by atoms with Crippen LogP contribution in [0.4, 0.5) is 0 Å². The fourth-order valence-corrected chi connectivity index (χ4v) is 2.33. The van der Waals surface area contributed by atoms with Crippen LogP contribution >= 0.6 is 0 Å². The average molecular weight is 221 g/mol. The normalized spacial score (nSPS) is 20.9. The zero-order valence-electron chi connectivity index (χ0n) is 9.66. The molecule has 1 atom stereocenters. The van der Waals surface area contributed by atoms with Gasteiger partial charge in [0.05, 0.1) is 0 Å².